The molecule has 1 aliphatic carbocycles. The van der Waals surface area contributed by atoms with Gasteiger partial charge in [0.15, 0.2) is 5.82 Å². The maximum absolute atomic E-state index is 11.2. The number of aromatic amines is 1. The second-order valence-corrected chi connectivity index (χ2v) is 10.4. The highest BCUT2D eigenvalue weighted by molar-refractivity contribution is 6.39. The van der Waals surface area contributed by atoms with Crippen LogP contribution in [0.1, 0.15) is 49.8 Å². The zero-order chi connectivity index (χ0) is 25.5. The number of piperidine rings is 1. The van der Waals surface area contributed by atoms with Crippen LogP contribution in [0.15, 0.2) is 50.4 Å². The number of pyridine rings is 1. The van der Waals surface area contributed by atoms with Gasteiger partial charge >= 0.3 is 5.76 Å². The highest BCUT2D eigenvalue weighted by Gasteiger charge is 2.34. The number of hydrogen-bond acceptors (Lipinski definition) is 8. The average molecular weight is 542 g/mol. The van der Waals surface area contributed by atoms with Crippen molar-refractivity contribution in [3.63, 3.8) is 0 Å². The fourth-order valence-electron chi connectivity index (χ4n) is 4.92. The number of H-pyrrole nitrogens is 1. The molecule has 37 heavy (non-hydrogen) atoms. The van der Waals surface area contributed by atoms with Crippen molar-refractivity contribution in [1.82, 2.24) is 20.3 Å². The van der Waals surface area contributed by atoms with E-state index in [0.717, 1.165) is 49.4 Å². The molecule has 2 aliphatic rings. The van der Waals surface area contributed by atoms with Gasteiger partial charge in [0, 0.05) is 41.4 Å². The van der Waals surface area contributed by atoms with Crippen molar-refractivity contribution in [1.29, 1.82) is 0 Å². The van der Waals surface area contributed by atoms with Gasteiger partial charge in [-0.15, -0.1) is 0 Å². The fourth-order valence-corrected chi connectivity index (χ4v) is 5.50. The van der Waals surface area contributed by atoms with Crippen LogP contribution < -0.4 is 10.7 Å². The summed E-state index contributed by atoms with van der Waals surface area (Å²) in [5.74, 6) is 1.90. The lowest BCUT2D eigenvalue weighted by atomic mass is 10.00. The number of benzene rings is 1. The zero-order valence-corrected chi connectivity index (χ0v) is 21.6. The van der Waals surface area contributed by atoms with E-state index in [9.17, 15) is 4.79 Å². The topological polar surface area (TPSA) is 110 Å². The maximum Gasteiger partial charge on any atom is 0.439 e. The molecule has 2 atom stereocenters. The molecule has 1 saturated heterocycles. The standard InChI is InChI=1S/C26H25Cl2N5O4/c1-14-11-17(9-10-33(14)21-8-7-16(12-29-21)25-30-26(34)37-32-25)35-13-18-23(31-36-24(18)15-5-6-15)22-19(27)3-2-4-20(22)28/h2-4,7-8,12,14-15,17H,5-6,9-11,13H2,1H3,(H,30,32,34)/t14-,17-/m1/s1. The van der Waals surface area contributed by atoms with E-state index in [1.54, 1.807) is 6.20 Å². The van der Waals surface area contributed by atoms with Gasteiger partial charge in [0.2, 0.25) is 0 Å². The molecule has 6 rings (SSSR count). The third-order valence-electron chi connectivity index (χ3n) is 7.01. The summed E-state index contributed by atoms with van der Waals surface area (Å²) in [7, 11) is 0. The molecule has 1 aromatic carbocycles. The number of nitrogens with zero attached hydrogens (tertiary/aromatic N) is 4. The van der Waals surface area contributed by atoms with Crippen molar-refractivity contribution in [3.8, 4) is 22.6 Å². The van der Waals surface area contributed by atoms with Crippen LogP contribution >= 0.6 is 23.2 Å². The number of rotatable bonds is 7. The first-order chi connectivity index (χ1) is 18.0. The molecule has 1 aliphatic heterocycles. The first-order valence-electron chi connectivity index (χ1n) is 12.3. The van der Waals surface area contributed by atoms with Crippen LogP contribution in [0, 0.1) is 0 Å². The molecule has 0 amide bonds. The van der Waals surface area contributed by atoms with Crippen LogP contribution in [0.3, 0.4) is 0 Å². The first kappa shape index (κ1) is 24.2. The van der Waals surface area contributed by atoms with Crippen LogP contribution in [-0.2, 0) is 11.3 Å². The van der Waals surface area contributed by atoms with Crippen LogP contribution in [0.2, 0.25) is 10.0 Å². The van der Waals surface area contributed by atoms with Gasteiger partial charge in [-0.3, -0.25) is 9.51 Å². The molecule has 3 aromatic heterocycles. The van der Waals surface area contributed by atoms with Gasteiger partial charge < -0.3 is 14.2 Å². The van der Waals surface area contributed by atoms with Crippen molar-refractivity contribution in [3.05, 3.63) is 68.4 Å². The Hall–Kier alpha value is -3.14. The Morgan fingerprint density at radius 3 is 2.57 bits per heavy atom. The molecule has 2 fully saturated rings. The molecule has 9 nitrogen and oxygen atoms in total. The Morgan fingerprint density at radius 1 is 1.11 bits per heavy atom. The molecule has 0 spiro atoms. The van der Waals surface area contributed by atoms with Crippen LogP contribution in [-0.4, -0.2) is 39.0 Å². The SMILES string of the molecule is C[C@@H]1C[C@H](OCc2c(-c3c(Cl)cccc3Cl)noc2C2CC2)CCN1c1ccc(-c2noc(=O)[nH]2)cn1. The monoisotopic (exact) mass is 541 g/mol. The molecule has 0 unspecified atom stereocenters. The van der Waals surface area contributed by atoms with E-state index >= 15 is 0 Å². The first-order valence-corrected chi connectivity index (χ1v) is 13.1. The summed E-state index contributed by atoms with van der Waals surface area (Å²) in [6.45, 7) is 3.37. The summed E-state index contributed by atoms with van der Waals surface area (Å²) < 4.78 is 16.8. The predicted molar refractivity (Wildman–Crippen MR) is 139 cm³/mol. The smallest absolute Gasteiger partial charge is 0.373 e. The van der Waals surface area contributed by atoms with Gasteiger partial charge in [0.25, 0.3) is 0 Å². The quantitative estimate of drug-likeness (QED) is 0.310. The van der Waals surface area contributed by atoms with Crippen LogP contribution in [0.5, 0.6) is 0 Å². The van der Waals surface area contributed by atoms with Crippen molar-refractivity contribution in [2.75, 3.05) is 11.4 Å². The highest BCUT2D eigenvalue weighted by Crippen LogP contribution is 2.46. The summed E-state index contributed by atoms with van der Waals surface area (Å²) in [5, 5.41) is 9.15. The lowest BCUT2D eigenvalue weighted by molar-refractivity contribution is 0.0174. The Kier molecular flexibility index (Phi) is 6.52. The van der Waals surface area contributed by atoms with Gasteiger partial charge in [-0.25, -0.2) is 9.78 Å². The van der Waals surface area contributed by atoms with Gasteiger partial charge in [0.1, 0.15) is 17.3 Å². The number of anilines is 1. The minimum absolute atomic E-state index is 0.0854. The number of halogens is 2. The maximum atomic E-state index is 11.2. The largest absolute Gasteiger partial charge is 0.439 e. The van der Waals surface area contributed by atoms with Crippen molar-refractivity contribution < 1.29 is 13.8 Å². The lowest BCUT2D eigenvalue weighted by Crippen LogP contribution is -2.43. The third kappa shape index (κ3) is 4.91. The molecule has 1 saturated carbocycles. The molecule has 1 N–H and O–H groups in total. The fraction of sp³-hybridized carbons (Fsp3) is 0.385. The Labute approximate surface area is 222 Å². The lowest BCUT2D eigenvalue weighted by Gasteiger charge is -2.38. The second kappa shape index (κ2) is 9.96. The van der Waals surface area contributed by atoms with E-state index in [1.165, 1.54) is 0 Å². The van der Waals surface area contributed by atoms with Crippen molar-refractivity contribution >= 4 is 29.0 Å². The summed E-state index contributed by atoms with van der Waals surface area (Å²) in [6, 6.07) is 9.46. The number of aromatic nitrogens is 4. The highest BCUT2D eigenvalue weighted by atomic mass is 35.5. The van der Waals surface area contributed by atoms with Crippen LogP contribution in [0.4, 0.5) is 5.82 Å². The van der Waals surface area contributed by atoms with E-state index in [1.807, 2.05) is 30.3 Å². The van der Waals surface area contributed by atoms with E-state index < -0.39 is 5.76 Å². The molecule has 4 heterocycles. The number of hydrogen-bond donors (Lipinski definition) is 1. The molecular weight excluding hydrogens is 517 g/mol. The Balaban J connectivity index is 1.14. The predicted octanol–water partition coefficient (Wildman–Crippen LogP) is 5.84. The number of ether oxygens (including phenoxy) is 1. The van der Waals surface area contributed by atoms with Gasteiger partial charge in [-0.2, -0.15) is 0 Å². The summed E-state index contributed by atoms with van der Waals surface area (Å²) in [4.78, 5) is 20.6. The molecular formula is C26H25Cl2N5O4. The van der Waals surface area contributed by atoms with Crippen LogP contribution in [0.25, 0.3) is 22.6 Å². The molecule has 4 aromatic rings. The Bertz CT molecular complexity index is 1440. The van der Waals surface area contributed by atoms with Gasteiger partial charge in [-0.05, 0) is 56.9 Å². The third-order valence-corrected chi connectivity index (χ3v) is 7.64. The zero-order valence-electron chi connectivity index (χ0n) is 20.1. The normalized spacial score (nSPS) is 19.9. The summed E-state index contributed by atoms with van der Waals surface area (Å²) in [6.07, 6.45) is 5.66. The van der Waals surface area contributed by atoms with Gasteiger partial charge in [-0.1, -0.05) is 39.6 Å². The van der Waals surface area contributed by atoms with E-state index in [4.69, 9.17) is 32.5 Å². The van der Waals surface area contributed by atoms with E-state index in [-0.39, 0.29) is 12.1 Å². The average Bonchev–Trinajstić information content (AvgIpc) is 3.51. The van der Waals surface area contributed by atoms with E-state index in [0.29, 0.717) is 45.2 Å². The Morgan fingerprint density at radius 2 is 1.92 bits per heavy atom. The number of nitrogens with one attached hydrogen (secondary N) is 1. The van der Waals surface area contributed by atoms with Crippen molar-refractivity contribution in [2.24, 2.45) is 0 Å². The molecule has 0 bridgehead atoms. The van der Waals surface area contributed by atoms with Crippen molar-refractivity contribution in [2.45, 2.75) is 57.3 Å². The molecule has 192 valence electrons. The second-order valence-electron chi connectivity index (χ2n) is 9.59. The molecule has 0 radical (unpaired) electrons. The summed E-state index contributed by atoms with van der Waals surface area (Å²) >= 11 is 13.0. The summed E-state index contributed by atoms with van der Waals surface area (Å²) in [5.41, 5.74) is 2.99. The minimum atomic E-state index is -0.590. The van der Waals surface area contributed by atoms with Gasteiger partial charge in [0.05, 0.1) is 22.8 Å². The minimum Gasteiger partial charge on any atom is -0.373 e. The molecule has 11 heteroatoms. The van der Waals surface area contributed by atoms with E-state index in [2.05, 4.69) is 36.6 Å².